The van der Waals surface area contributed by atoms with Gasteiger partial charge in [0.05, 0.1) is 12.0 Å². The number of aromatic nitrogens is 1. The largest absolute Gasteiger partial charge is 0.496 e. The number of nitro groups is 1. The van der Waals surface area contributed by atoms with Gasteiger partial charge < -0.3 is 9.47 Å². The molecule has 0 N–H and O–H groups in total. The molecule has 0 radical (unpaired) electrons. The first-order valence-corrected chi connectivity index (χ1v) is 5.56. The Morgan fingerprint density at radius 1 is 1.26 bits per heavy atom. The number of nitrogens with zero attached hydrogens (tertiary/aromatic N) is 2. The fourth-order valence-corrected chi connectivity index (χ4v) is 1.64. The number of rotatable bonds is 5. The van der Waals surface area contributed by atoms with E-state index in [0.717, 1.165) is 0 Å². The van der Waals surface area contributed by atoms with Gasteiger partial charge in [-0.25, -0.2) is 4.98 Å². The van der Waals surface area contributed by atoms with Crippen LogP contribution in [0.5, 0.6) is 11.6 Å². The van der Waals surface area contributed by atoms with Crippen LogP contribution in [0.3, 0.4) is 0 Å². The van der Waals surface area contributed by atoms with Gasteiger partial charge in [0.15, 0.2) is 0 Å². The Morgan fingerprint density at radius 3 is 2.74 bits per heavy atom. The second kappa shape index (κ2) is 5.81. The first-order chi connectivity index (χ1) is 9.22. The summed E-state index contributed by atoms with van der Waals surface area (Å²) in [4.78, 5) is 14.5. The summed E-state index contributed by atoms with van der Waals surface area (Å²) in [7, 11) is 1.46. The summed E-state index contributed by atoms with van der Waals surface area (Å²) in [6, 6.07) is 9.86. The summed E-state index contributed by atoms with van der Waals surface area (Å²) in [5.41, 5.74) is 0.357. The van der Waals surface area contributed by atoms with Gasteiger partial charge in [0, 0.05) is 18.3 Å². The number of nitro benzene ring substituents is 1. The van der Waals surface area contributed by atoms with Crippen LogP contribution in [0.25, 0.3) is 0 Å². The molecule has 19 heavy (non-hydrogen) atoms. The minimum atomic E-state index is -0.459. The maximum absolute atomic E-state index is 11.0. The van der Waals surface area contributed by atoms with Crippen molar-refractivity contribution in [2.24, 2.45) is 0 Å². The van der Waals surface area contributed by atoms with Gasteiger partial charge in [-0.2, -0.15) is 0 Å². The van der Waals surface area contributed by atoms with Crippen molar-refractivity contribution >= 4 is 5.69 Å². The fourth-order valence-electron chi connectivity index (χ4n) is 1.64. The molecule has 2 aromatic rings. The van der Waals surface area contributed by atoms with E-state index < -0.39 is 4.92 Å². The van der Waals surface area contributed by atoms with Crippen molar-refractivity contribution in [1.29, 1.82) is 0 Å². The lowest BCUT2D eigenvalue weighted by Gasteiger charge is -2.09. The van der Waals surface area contributed by atoms with Crippen molar-refractivity contribution in [3.8, 4) is 11.6 Å². The third-order valence-electron chi connectivity index (χ3n) is 2.53. The normalized spacial score (nSPS) is 9.95. The molecule has 1 heterocycles. The van der Waals surface area contributed by atoms with E-state index >= 15 is 0 Å². The van der Waals surface area contributed by atoms with Gasteiger partial charge in [-0.3, -0.25) is 10.1 Å². The van der Waals surface area contributed by atoms with Gasteiger partial charge in [-0.15, -0.1) is 0 Å². The zero-order valence-corrected chi connectivity index (χ0v) is 10.3. The molecule has 6 heteroatoms. The Bertz CT molecular complexity index is 572. The Balaban J connectivity index is 2.25. The Hall–Kier alpha value is -2.63. The van der Waals surface area contributed by atoms with Crippen LogP contribution in [0.1, 0.15) is 5.56 Å². The van der Waals surface area contributed by atoms with Crippen LogP contribution < -0.4 is 9.47 Å². The molecular weight excluding hydrogens is 248 g/mol. The molecule has 6 nitrogen and oxygen atoms in total. The average molecular weight is 260 g/mol. The predicted molar refractivity (Wildman–Crippen MR) is 68.2 cm³/mol. The van der Waals surface area contributed by atoms with E-state index in [1.54, 1.807) is 36.5 Å². The highest BCUT2D eigenvalue weighted by Gasteiger charge is 2.18. The van der Waals surface area contributed by atoms with Crippen molar-refractivity contribution in [2.75, 3.05) is 7.11 Å². The van der Waals surface area contributed by atoms with Gasteiger partial charge >= 0.3 is 0 Å². The molecule has 0 aliphatic carbocycles. The first-order valence-electron chi connectivity index (χ1n) is 5.56. The standard InChI is InChI=1S/C13H12N2O4/c1-18-12-6-4-5-11(15(16)17)10(12)9-19-13-7-2-3-8-14-13/h2-8H,9H2,1H3. The molecular formula is C13H12N2O4. The second-order valence-corrected chi connectivity index (χ2v) is 3.67. The molecule has 1 aromatic carbocycles. The first kappa shape index (κ1) is 12.8. The van der Waals surface area contributed by atoms with Crippen molar-refractivity contribution in [3.05, 3.63) is 58.3 Å². The zero-order valence-electron chi connectivity index (χ0n) is 10.3. The zero-order chi connectivity index (χ0) is 13.7. The topological polar surface area (TPSA) is 74.5 Å². The minimum Gasteiger partial charge on any atom is -0.496 e. The summed E-state index contributed by atoms with van der Waals surface area (Å²) in [5.74, 6) is 0.827. The SMILES string of the molecule is COc1cccc([N+](=O)[O-])c1COc1ccccn1. The Kier molecular flexibility index (Phi) is 3.92. The van der Waals surface area contributed by atoms with Gasteiger partial charge in [0.25, 0.3) is 5.69 Å². The Labute approximate surface area is 109 Å². The van der Waals surface area contributed by atoms with Crippen molar-refractivity contribution < 1.29 is 14.4 Å². The monoisotopic (exact) mass is 260 g/mol. The summed E-state index contributed by atoms with van der Waals surface area (Å²) in [6.07, 6.45) is 1.59. The molecule has 0 aliphatic rings. The highest BCUT2D eigenvalue weighted by atomic mass is 16.6. The molecule has 98 valence electrons. The second-order valence-electron chi connectivity index (χ2n) is 3.67. The van der Waals surface area contributed by atoms with Crippen LogP contribution in [-0.4, -0.2) is 17.0 Å². The summed E-state index contributed by atoms with van der Waals surface area (Å²) < 4.78 is 10.5. The fraction of sp³-hybridized carbons (Fsp3) is 0.154. The van der Waals surface area contributed by atoms with Crippen molar-refractivity contribution in [2.45, 2.75) is 6.61 Å². The van der Waals surface area contributed by atoms with Crippen LogP contribution in [-0.2, 0) is 6.61 Å². The maximum Gasteiger partial charge on any atom is 0.279 e. The van der Waals surface area contributed by atoms with Crippen LogP contribution in [0.2, 0.25) is 0 Å². The summed E-state index contributed by atoms with van der Waals surface area (Å²) >= 11 is 0. The van der Waals surface area contributed by atoms with E-state index in [1.165, 1.54) is 13.2 Å². The van der Waals surface area contributed by atoms with Crippen LogP contribution in [0.15, 0.2) is 42.6 Å². The number of benzene rings is 1. The van der Waals surface area contributed by atoms with Crippen molar-refractivity contribution in [3.63, 3.8) is 0 Å². The quantitative estimate of drug-likeness (QED) is 0.610. The summed E-state index contributed by atoms with van der Waals surface area (Å²) in [6.45, 7) is 0.0251. The molecule has 0 atom stereocenters. The molecule has 0 fully saturated rings. The van der Waals surface area contributed by atoms with E-state index in [1.807, 2.05) is 0 Å². The van der Waals surface area contributed by atoms with Gasteiger partial charge in [0.2, 0.25) is 5.88 Å². The molecule has 0 amide bonds. The van der Waals surface area contributed by atoms with Crippen LogP contribution in [0.4, 0.5) is 5.69 Å². The van der Waals surface area contributed by atoms with E-state index in [9.17, 15) is 10.1 Å². The molecule has 1 aromatic heterocycles. The predicted octanol–water partition coefficient (Wildman–Crippen LogP) is 2.58. The number of ether oxygens (including phenoxy) is 2. The lowest BCUT2D eigenvalue weighted by atomic mass is 10.1. The highest BCUT2D eigenvalue weighted by molar-refractivity contribution is 5.49. The third kappa shape index (κ3) is 2.98. The van der Waals surface area contributed by atoms with E-state index in [2.05, 4.69) is 4.98 Å². The molecule has 0 saturated carbocycles. The maximum atomic E-state index is 11.0. The van der Waals surface area contributed by atoms with E-state index in [-0.39, 0.29) is 12.3 Å². The van der Waals surface area contributed by atoms with Crippen molar-refractivity contribution in [1.82, 2.24) is 4.98 Å². The number of methoxy groups -OCH3 is 1. The van der Waals surface area contributed by atoms with Crippen LogP contribution in [0, 0.1) is 10.1 Å². The third-order valence-corrected chi connectivity index (χ3v) is 2.53. The molecule has 0 spiro atoms. The minimum absolute atomic E-state index is 0.0251. The summed E-state index contributed by atoms with van der Waals surface area (Å²) in [5, 5.41) is 11.0. The van der Waals surface area contributed by atoms with E-state index in [4.69, 9.17) is 9.47 Å². The smallest absolute Gasteiger partial charge is 0.279 e. The highest BCUT2D eigenvalue weighted by Crippen LogP contribution is 2.29. The van der Waals surface area contributed by atoms with Gasteiger partial charge in [-0.1, -0.05) is 12.1 Å². The molecule has 0 aliphatic heterocycles. The number of hydrogen-bond donors (Lipinski definition) is 0. The molecule has 0 bridgehead atoms. The molecule has 0 saturated heterocycles. The molecule has 0 unspecified atom stereocenters. The number of hydrogen-bond acceptors (Lipinski definition) is 5. The lowest BCUT2D eigenvalue weighted by molar-refractivity contribution is -0.385. The average Bonchev–Trinajstić information content (AvgIpc) is 2.45. The Morgan fingerprint density at radius 2 is 2.11 bits per heavy atom. The number of pyridine rings is 1. The van der Waals surface area contributed by atoms with E-state index in [0.29, 0.717) is 17.2 Å². The lowest BCUT2D eigenvalue weighted by Crippen LogP contribution is -2.03. The van der Waals surface area contributed by atoms with Crippen LogP contribution >= 0.6 is 0 Å². The van der Waals surface area contributed by atoms with Gasteiger partial charge in [0.1, 0.15) is 17.9 Å². The van der Waals surface area contributed by atoms with Gasteiger partial charge in [-0.05, 0) is 12.1 Å². The molecule has 2 rings (SSSR count).